The van der Waals surface area contributed by atoms with Gasteiger partial charge in [0.15, 0.2) is 5.17 Å². The van der Waals surface area contributed by atoms with Crippen LogP contribution in [0.15, 0.2) is 27.7 Å². The summed E-state index contributed by atoms with van der Waals surface area (Å²) in [6, 6.07) is 6.40. The lowest BCUT2D eigenvalue weighted by atomic mass is 9.99. The van der Waals surface area contributed by atoms with E-state index in [1.165, 1.54) is 24.1 Å². The van der Waals surface area contributed by atoms with E-state index in [2.05, 4.69) is 65.2 Å². The van der Waals surface area contributed by atoms with Crippen molar-refractivity contribution in [1.82, 2.24) is 0 Å². The van der Waals surface area contributed by atoms with E-state index in [9.17, 15) is 0 Å². The SMILES string of the molecule is CCc1cc(Br)ccc1NC1=NCC(C(CC)CC)S1. The van der Waals surface area contributed by atoms with E-state index in [-0.39, 0.29) is 0 Å². The lowest BCUT2D eigenvalue weighted by molar-refractivity contribution is 0.479. The van der Waals surface area contributed by atoms with Crippen molar-refractivity contribution in [1.29, 1.82) is 0 Å². The monoisotopic (exact) mass is 354 g/mol. The van der Waals surface area contributed by atoms with Crippen LogP contribution in [0.1, 0.15) is 39.2 Å². The Balaban J connectivity index is 2.02. The van der Waals surface area contributed by atoms with Crippen LogP contribution in [-0.2, 0) is 6.42 Å². The number of nitrogens with one attached hydrogen (secondary N) is 1. The molecule has 0 aliphatic carbocycles. The second-order valence-electron chi connectivity index (χ2n) is 5.16. The molecule has 0 amide bonds. The zero-order valence-corrected chi connectivity index (χ0v) is 14.9. The molecule has 0 saturated heterocycles. The summed E-state index contributed by atoms with van der Waals surface area (Å²) in [6.45, 7) is 7.70. The normalized spacial score (nSPS) is 18.4. The van der Waals surface area contributed by atoms with Crippen LogP contribution < -0.4 is 5.32 Å². The molecule has 0 spiro atoms. The number of hydrogen-bond donors (Lipinski definition) is 1. The number of halogens is 1. The van der Waals surface area contributed by atoms with Crippen LogP contribution in [0, 0.1) is 5.92 Å². The lowest BCUT2D eigenvalue weighted by Crippen LogP contribution is -2.17. The van der Waals surface area contributed by atoms with Crippen molar-refractivity contribution in [3.63, 3.8) is 0 Å². The van der Waals surface area contributed by atoms with E-state index in [1.807, 2.05) is 11.8 Å². The molecule has 1 heterocycles. The number of anilines is 1. The van der Waals surface area contributed by atoms with Gasteiger partial charge in [0, 0.05) is 15.4 Å². The highest BCUT2D eigenvalue weighted by atomic mass is 79.9. The van der Waals surface area contributed by atoms with Gasteiger partial charge in [-0.05, 0) is 36.1 Å². The fourth-order valence-electron chi connectivity index (χ4n) is 2.61. The molecular weight excluding hydrogens is 332 g/mol. The summed E-state index contributed by atoms with van der Waals surface area (Å²) in [6.07, 6.45) is 3.51. The highest BCUT2D eigenvalue weighted by molar-refractivity contribution is 9.10. The minimum atomic E-state index is 0.646. The molecule has 0 radical (unpaired) electrons. The van der Waals surface area contributed by atoms with Gasteiger partial charge < -0.3 is 5.32 Å². The minimum Gasteiger partial charge on any atom is -0.335 e. The Morgan fingerprint density at radius 2 is 2.10 bits per heavy atom. The van der Waals surface area contributed by atoms with Crippen LogP contribution in [0.3, 0.4) is 0 Å². The summed E-state index contributed by atoms with van der Waals surface area (Å²) in [7, 11) is 0. The second-order valence-corrected chi connectivity index (χ2v) is 7.30. The van der Waals surface area contributed by atoms with E-state index in [0.29, 0.717) is 5.25 Å². The Labute approximate surface area is 135 Å². The van der Waals surface area contributed by atoms with Crippen LogP contribution in [0.4, 0.5) is 5.69 Å². The quantitative estimate of drug-likeness (QED) is 0.772. The minimum absolute atomic E-state index is 0.646. The first-order chi connectivity index (χ1) is 9.67. The van der Waals surface area contributed by atoms with Gasteiger partial charge in [-0.2, -0.15) is 0 Å². The Hall–Kier alpha value is -0.480. The number of hydrogen-bond acceptors (Lipinski definition) is 3. The molecule has 1 aromatic carbocycles. The maximum Gasteiger partial charge on any atom is 0.161 e. The Kier molecular flexibility index (Phi) is 5.97. The molecule has 1 N–H and O–H groups in total. The molecule has 1 atom stereocenters. The number of aryl methyl sites for hydroxylation is 1. The number of thioether (sulfide) groups is 1. The zero-order valence-electron chi connectivity index (χ0n) is 12.4. The predicted octanol–water partition coefficient (Wildman–Crippen LogP) is 5.33. The number of benzene rings is 1. The first kappa shape index (κ1) is 15.9. The summed E-state index contributed by atoms with van der Waals surface area (Å²) >= 11 is 5.45. The third-order valence-corrected chi connectivity index (χ3v) is 5.73. The third kappa shape index (κ3) is 3.79. The highest BCUT2D eigenvalue weighted by Crippen LogP contribution is 2.32. The molecule has 1 aliphatic rings. The topological polar surface area (TPSA) is 24.4 Å². The first-order valence-corrected chi connectivity index (χ1v) is 9.11. The van der Waals surface area contributed by atoms with E-state index in [4.69, 9.17) is 0 Å². The summed E-state index contributed by atoms with van der Waals surface area (Å²) < 4.78 is 1.14. The molecule has 0 saturated carbocycles. The van der Waals surface area contributed by atoms with E-state index >= 15 is 0 Å². The average molecular weight is 355 g/mol. The largest absolute Gasteiger partial charge is 0.335 e. The van der Waals surface area contributed by atoms with Crippen molar-refractivity contribution < 1.29 is 0 Å². The van der Waals surface area contributed by atoms with Gasteiger partial charge in [0.1, 0.15) is 0 Å². The van der Waals surface area contributed by atoms with Crippen LogP contribution in [0.5, 0.6) is 0 Å². The molecule has 4 heteroatoms. The summed E-state index contributed by atoms with van der Waals surface area (Å²) in [5.74, 6) is 0.776. The first-order valence-electron chi connectivity index (χ1n) is 7.44. The van der Waals surface area contributed by atoms with Crippen molar-refractivity contribution in [2.75, 3.05) is 11.9 Å². The zero-order chi connectivity index (χ0) is 14.5. The maximum atomic E-state index is 4.68. The standard InChI is InChI=1S/C16H23BrN2S/c1-4-11(5-2)15-10-18-16(20-15)19-14-8-7-13(17)9-12(14)6-3/h7-9,11,15H,4-6,10H2,1-3H3,(H,18,19). The van der Waals surface area contributed by atoms with Crippen molar-refractivity contribution >= 4 is 38.5 Å². The number of rotatable bonds is 5. The fourth-order valence-corrected chi connectivity index (χ4v) is 4.35. The van der Waals surface area contributed by atoms with Gasteiger partial charge in [-0.15, -0.1) is 0 Å². The van der Waals surface area contributed by atoms with Crippen LogP contribution >= 0.6 is 27.7 Å². The summed E-state index contributed by atoms with van der Waals surface area (Å²) in [4.78, 5) is 4.68. The molecule has 1 aliphatic heterocycles. The molecule has 0 aromatic heterocycles. The average Bonchev–Trinajstić information content (AvgIpc) is 2.90. The molecular formula is C16H23BrN2S. The van der Waals surface area contributed by atoms with E-state index in [0.717, 1.165) is 28.5 Å². The number of aliphatic imine (C=N–C) groups is 1. The van der Waals surface area contributed by atoms with Crippen LogP contribution in [0.25, 0.3) is 0 Å². The molecule has 20 heavy (non-hydrogen) atoms. The lowest BCUT2D eigenvalue weighted by Gasteiger charge is -2.19. The van der Waals surface area contributed by atoms with Crippen LogP contribution in [0.2, 0.25) is 0 Å². The van der Waals surface area contributed by atoms with Crippen molar-refractivity contribution in [2.24, 2.45) is 10.9 Å². The van der Waals surface area contributed by atoms with Gasteiger partial charge in [0.25, 0.3) is 0 Å². The molecule has 2 nitrogen and oxygen atoms in total. The number of nitrogens with zero attached hydrogens (tertiary/aromatic N) is 1. The second kappa shape index (κ2) is 7.51. The van der Waals surface area contributed by atoms with Crippen LogP contribution in [-0.4, -0.2) is 17.0 Å². The molecule has 110 valence electrons. The van der Waals surface area contributed by atoms with Gasteiger partial charge in [-0.3, -0.25) is 4.99 Å². The van der Waals surface area contributed by atoms with Gasteiger partial charge in [0.05, 0.1) is 6.54 Å². The highest BCUT2D eigenvalue weighted by Gasteiger charge is 2.26. The molecule has 0 fully saturated rings. The van der Waals surface area contributed by atoms with Gasteiger partial charge in [-0.25, -0.2) is 0 Å². The Bertz CT molecular complexity index is 483. The van der Waals surface area contributed by atoms with Gasteiger partial charge >= 0.3 is 0 Å². The van der Waals surface area contributed by atoms with Gasteiger partial charge in [0.2, 0.25) is 0 Å². The molecule has 1 unspecified atom stereocenters. The van der Waals surface area contributed by atoms with Crippen molar-refractivity contribution in [3.05, 3.63) is 28.2 Å². The fraction of sp³-hybridized carbons (Fsp3) is 0.562. The Morgan fingerprint density at radius 3 is 2.75 bits per heavy atom. The Morgan fingerprint density at radius 1 is 1.35 bits per heavy atom. The molecule has 1 aromatic rings. The van der Waals surface area contributed by atoms with Crippen molar-refractivity contribution in [3.8, 4) is 0 Å². The summed E-state index contributed by atoms with van der Waals surface area (Å²) in [5, 5.41) is 5.24. The van der Waals surface area contributed by atoms with E-state index in [1.54, 1.807) is 0 Å². The number of amidine groups is 1. The predicted molar refractivity (Wildman–Crippen MR) is 94.9 cm³/mol. The smallest absolute Gasteiger partial charge is 0.161 e. The molecule has 2 rings (SSSR count). The maximum absolute atomic E-state index is 4.68. The summed E-state index contributed by atoms with van der Waals surface area (Å²) in [5.41, 5.74) is 2.51. The third-order valence-electron chi connectivity index (χ3n) is 3.94. The molecule has 0 bridgehead atoms. The van der Waals surface area contributed by atoms with E-state index < -0.39 is 0 Å². The van der Waals surface area contributed by atoms with Gasteiger partial charge in [-0.1, -0.05) is 61.3 Å². The van der Waals surface area contributed by atoms with Crippen molar-refractivity contribution in [2.45, 2.75) is 45.3 Å².